The zero-order chi connectivity index (χ0) is 30.2. The van der Waals surface area contributed by atoms with Gasteiger partial charge >= 0.3 is 5.97 Å². The largest absolute Gasteiger partial charge is 0.493 e. The molecule has 0 aliphatic heterocycles. The van der Waals surface area contributed by atoms with E-state index < -0.39 is 23.9 Å². The molecule has 0 radical (unpaired) electrons. The lowest BCUT2D eigenvalue weighted by atomic mass is 9.74. The van der Waals surface area contributed by atoms with Crippen molar-refractivity contribution in [2.75, 3.05) is 33.5 Å². The quantitative estimate of drug-likeness (QED) is 0.186. The molecule has 2 aromatic rings. The maximum Gasteiger partial charge on any atom is 0.324 e. The van der Waals surface area contributed by atoms with Gasteiger partial charge in [0.25, 0.3) is 0 Å². The van der Waals surface area contributed by atoms with Gasteiger partial charge in [-0.25, -0.2) is 0 Å². The molecule has 0 amide bonds. The average Bonchev–Trinajstić information content (AvgIpc) is 2.92. The number of nitrogens with one attached hydrogen (secondary N) is 1. The average molecular weight is 573 g/mol. The molecule has 1 saturated carbocycles. The lowest BCUT2D eigenvalue weighted by Gasteiger charge is -2.47. The number of hydrogen-bond acceptors (Lipinski definition) is 9. The van der Waals surface area contributed by atoms with Gasteiger partial charge in [-0.3, -0.25) is 19.8 Å². The zero-order valence-corrected chi connectivity index (χ0v) is 24.9. The van der Waals surface area contributed by atoms with E-state index in [1.807, 2.05) is 58.0 Å². The van der Waals surface area contributed by atoms with Crippen LogP contribution in [0.5, 0.6) is 11.5 Å². The summed E-state index contributed by atoms with van der Waals surface area (Å²) in [6, 6.07) is 12.9. The number of aliphatic hydroxyl groups is 1. The van der Waals surface area contributed by atoms with Crippen LogP contribution in [0.1, 0.15) is 81.1 Å². The topological polar surface area (TPSA) is 127 Å². The van der Waals surface area contributed by atoms with Gasteiger partial charge in [0.2, 0.25) is 0 Å². The van der Waals surface area contributed by atoms with Crippen LogP contribution in [-0.2, 0) is 14.3 Å². The number of benzene rings is 2. The molecule has 1 fully saturated rings. The van der Waals surface area contributed by atoms with Crippen LogP contribution in [0.25, 0.3) is 0 Å². The highest BCUT2D eigenvalue weighted by Gasteiger charge is 2.52. The van der Waals surface area contributed by atoms with Crippen LogP contribution in [0.4, 0.5) is 0 Å². The molecule has 226 valence electrons. The molecule has 10 nitrogen and oxygen atoms in total. The molecule has 1 aliphatic carbocycles. The molecule has 3 rings (SSSR count). The summed E-state index contributed by atoms with van der Waals surface area (Å²) in [5.74, 6) is -0.435. The first-order valence-corrected chi connectivity index (χ1v) is 14.2. The molecular weight excluding hydrogens is 528 g/mol. The predicted octanol–water partition coefficient (Wildman–Crippen LogP) is 4.33. The van der Waals surface area contributed by atoms with Crippen LogP contribution < -0.4 is 14.8 Å². The van der Waals surface area contributed by atoms with E-state index in [4.69, 9.17) is 18.9 Å². The van der Waals surface area contributed by atoms with E-state index in [1.54, 1.807) is 24.1 Å². The first kappa shape index (κ1) is 32.5. The number of aliphatic hydroxyl groups excluding tert-OH is 1. The number of carboxylic acid groups (broad SMARTS) is 1. The summed E-state index contributed by atoms with van der Waals surface area (Å²) in [4.78, 5) is 26.4. The summed E-state index contributed by atoms with van der Waals surface area (Å²) in [5, 5.41) is 24.4. The molecule has 3 N–H and O–H groups in total. The smallest absolute Gasteiger partial charge is 0.324 e. The van der Waals surface area contributed by atoms with Crippen LogP contribution in [0.2, 0.25) is 0 Å². The van der Waals surface area contributed by atoms with Crippen LogP contribution >= 0.6 is 0 Å². The minimum absolute atomic E-state index is 0.179. The van der Waals surface area contributed by atoms with Gasteiger partial charge < -0.3 is 29.2 Å². The van der Waals surface area contributed by atoms with E-state index in [1.165, 1.54) is 6.92 Å². The van der Waals surface area contributed by atoms with Crippen LogP contribution in [0, 0.1) is 0 Å². The Morgan fingerprint density at radius 3 is 2.12 bits per heavy atom. The summed E-state index contributed by atoms with van der Waals surface area (Å²) in [7, 11) is 1.54. The first-order valence-electron chi connectivity index (χ1n) is 14.2. The maximum atomic E-state index is 12.5. The number of ketones is 1. The van der Waals surface area contributed by atoms with Crippen molar-refractivity contribution in [3.05, 3.63) is 59.2 Å². The molecular formula is C31H44N2O8. The van der Waals surface area contributed by atoms with Gasteiger partial charge in [-0.1, -0.05) is 30.3 Å². The molecule has 1 aliphatic rings. The van der Waals surface area contributed by atoms with Crippen molar-refractivity contribution >= 4 is 11.8 Å². The van der Waals surface area contributed by atoms with Crippen molar-refractivity contribution in [2.45, 2.75) is 77.6 Å². The maximum absolute atomic E-state index is 12.5. The highest BCUT2D eigenvalue weighted by Crippen LogP contribution is 2.38. The van der Waals surface area contributed by atoms with Crippen LogP contribution in [-0.4, -0.2) is 78.3 Å². The Hall–Kier alpha value is -3.02. The second-order valence-corrected chi connectivity index (χ2v) is 10.3. The number of hydrogen-bond donors (Lipinski definition) is 3. The Morgan fingerprint density at radius 2 is 1.63 bits per heavy atom. The van der Waals surface area contributed by atoms with Gasteiger partial charge in [0.05, 0.1) is 32.0 Å². The molecule has 0 heterocycles. The number of Topliss-reactive ketones (excluding diaryl/α,β-unsaturated/α-hetero) is 1. The third-order valence-corrected chi connectivity index (χ3v) is 7.62. The van der Waals surface area contributed by atoms with E-state index in [-0.39, 0.29) is 44.0 Å². The van der Waals surface area contributed by atoms with Gasteiger partial charge in [-0.15, -0.1) is 0 Å². The minimum Gasteiger partial charge on any atom is -0.493 e. The van der Waals surface area contributed by atoms with Gasteiger partial charge in [-0.05, 0) is 57.9 Å². The van der Waals surface area contributed by atoms with Gasteiger partial charge in [0, 0.05) is 32.5 Å². The Labute approximate surface area is 242 Å². The lowest BCUT2D eigenvalue weighted by Crippen LogP contribution is -2.68. The van der Waals surface area contributed by atoms with Crippen molar-refractivity contribution in [1.29, 1.82) is 0 Å². The van der Waals surface area contributed by atoms with Crippen molar-refractivity contribution in [3.8, 4) is 11.5 Å². The van der Waals surface area contributed by atoms with E-state index in [9.17, 15) is 19.8 Å². The highest BCUT2D eigenvalue weighted by atomic mass is 16.5. The zero-order valence-electron chi connectivity index (χ0n) is 24.9. The second-order valence-electron chi connectivity index (χ2n) is 10.3. The van der Waals surface area contributed by atoms with Crippen molar-refractivity contribution in [3.63, 3.8) is 0 Å². The Balaban J connectivity index is 1.92. The molecule has 0 bridgehead atoms. The molecule has 3 atom stereocenters. The number of carbonyl (C=O) groups is 2. The third kappa shape index (κ3) is 7.84. The fourth-order valence-electron chi connectivity index (χ4n) is 5.18. The summed E-state index contributed by atoms with van der Waals surface area (Å²) in [6.07, 6.45) is -1.24. The van der Waals surface area contributed by atoms with E-state index in [0.29, 0.717) is 30.3 Å². The monoisotopic (exact) mass is 572 g/mol. The summed E-state index contributed by atoms with van der Waals surface area (Å²) in [5.41, 5.74) is 0.798. The van der Waals surface area contributed by atoms with Gasteiger partial charge in [0.15, 0.2) is 12.1 Å². The van der Waals surface area contributed by atoms with E-state index in [2.05, 4.69) is 5.32 Å². The number of carboxylic acids is 1. The second kappa shape index (κ2) is 14.7. The summed E-state index contributed by atoms with van der Waals surface area (Å²) >= 11 is 0. The van der Waals surface area contributed by atoms with E-state index in [0.717, 1.165) is 11.1 Å². The molecule has 2 aromatic carbocycles. The molecule has 41 heavy (non-hydrogen) atoms. The standard InChI is InChI=1S/C31H44N2O8/c1-7-39-26-16-24(17-27(40-8-2)28(26)21(4)34)20(3)33(14-15-41-22(5)23-12-10-9-11-13-23)30(37)32-31(29(35)36)18-25(19-31)38-6/h9-13,16-17,20,22,25,30,32,37H,7-8,14-15,18-19H2,1-6H3,(H,35,36)/t20-,22+,25?,30?,31?/m1/s1. The fourth-order valence-corrected chi connectivity index (χ4v) is 5.18. The Morgan fingerprint density at radius 1 is 1.05 bits per heavy atom. The SMILES string of the molecule is CCOc1cc([C@@H](C)N(CCO[C@@H](C)c2ccccc2)C(O)NC2(C(=O)O)CC(OC)C2)cc(OCC)c1C(C)=O. The van der Waals surface area contributed by atoms with E-state index >= 15 is 0 Å². The number of rotatable bonds is 17. The van der Waals surface area contributed by atoms with Gasteiger partial charge in [-0.2, -0.15) is 0 Å². The fraction of sp³-hybridized carbons (Fsp3) is 0.548. The summed E-state index contributed by atoms with van der Waals surface area (Å²) in [6.45, 7) is 10.2. The van der Waals surface area contributed by atoms with Crippen LogP contribution in [0.15, 0.2) is 42.5 Å². The Bertz CT molecular complexity index is 1130. The molecule has 0 aromatic heterocycles. The number of nitrogens with zero attached hydrogens (tertiary/aromatic N) is 1. The highest BCUT2D eigenvalue weighted by molar-refractivity contribution is 5.99. The molecule has 1 unspecified atom stereocenters. The minimum atomic E-state index is -1.33. The van der Waals surface area contributed by atoms with Crippen molar-refractivity contribution < 1.29 is 38.7 Å². The molecule has 0 saturated heterocycles. The van der Waals surface area contributed by atoms with Crippen LogP contribution in [0.3, 0.4) is 0 Å². The molecule has 0 spiro atoms. The Kier molecular flexibility index (Phi) is 11.7. The predicted molar refractivity (Wildman–Crippen MR) is 154 cm³/mol. The van der Waals surface area contributed by atoms with Crippen molar-refractivity contribution in [1.82, 2.24) is 10.2 Å². The van der Waals surface area contributed by atoms with Crippen molar-refractivity contribution in [2.24, 2.45) is 0 Å². The van der Waals surface area contributed by atoms with Gasteiger partial charge in [0.1, 0.15) is 22.6 Å². The first-order chi connectivity index (χ1) is 19.6. The lowest BCUT2D eigenvalue weighted by molar-refractivity contribution is -0.167. The molecule has 10 heteroatoms. The normalized spacial score (nSPS) is 20.6. The number of aliphatic carboxylic acids is 1. The number of ether oxygens (including phenoxy) is 4. The number of methoxy groups -OCH3 is 1. The third-order valence-electron chi connectivity index (χ3n) is 7.62. The summed E-state index contributed by atoms with van der Waals surface area (Å²) < 4.78 is 23.1. The number of carbonyl (C=O) groups excluding carboxylic acids is 1.